The third-order valence-electron chi connectivity index (χ3n) is 4.74. The van der Waals surface area contributed by atoms with E-state index in [4.69, 9.17) is 0 Å². The molecular weight excluding hydrogens is 340 g/mol. The van der Waals surface area contributed by atoms with Crippen molar-refractivity contribution in [3.8, 4) is 0 Å². The van der Waals surface area contributed by atoms with E-state index in [0.29, 0.717) is 25.6 Å². The van der Waals surface area contributed by atoms with Crippen LogP contribution in [0.1, 0.15) is 25.0 Å². The molecule has 3 heterocycles. The minimum Gasteiger partial charge on any atom is -0.354 e. The van der Waals surface area contributed by atoms with Crippen molar-refractivity contribution in [3.63, 3.8) is 0 Å². The molecule has 1 aliphatic heterocycles. The second kappa shape index (κ2) is 6.72. The highest BCUT2D eigenvalue weighted by Crippen LogP contribution is 2.33. The molecule has 0 bridgehead atoms. The van der Waals surface area contributed by atoms with E-state index in [9.17, 15) is 8.42 Å². The topological polar surface area (TPSA) is 93.0 Å². The summed E-state index contributed by atoms with van der Waals surface area (Å²) in [5.41, 5.74) is 0.964. The summed E-state index contributed by atoms with van der Waals surface area (Å²) < 4.78 is 29.1. The molecule has 134 valence electrons. The van der Waals surface area contributed by atoms with Gasteiger partial charge in [0.15, 0.2) is 0 Å². The van der Waals surface area contributed by atoms with Crippen molar-refractivity contribution in [2.45, 2.75) is 37.6 Å². The highest BCUT2D eigenvalue weighted by Gasteiger charge is 2.41. The zero-order chi connectivity index (χ0) is 17.3. The van der Waals surface area contributed by atoms with E-state index in [0.717, 1.165) is 31.5 Å². The number of hydrogen-bond donors (Lipinski definition) is 1. The smallest absolute Gasteiger partial charge is 0.222 e. The number of nitrogens with zero attached hydrogens (tertiary/aromatic N) is 5. The summed E-state index contributed by atoms with van der Waals surface area (Å²) in [4.78, 5) is 8.29. The second-order valence-corrected chi connectivity index (χ2v) is 8.91. The summed E-state index contributed by atoms with van der Waals surface area (Å²) in [5.74, 6) is 0.796. The standard InChI is InChI=1S/C16H22N6O2S/c23-25(24,15-2-3-15)21-10-13(11-22-14(12-21)5-9-20-22)4-8-19-16-17-6-1-7-18-16/h1,5-7,9,13,15H,2-4,8,10-12H2,(H,17,18,19). The molecule has 25 heavy (non-hydrogen) atoms. The largest absolute Gasteiger partial charge is 0.354 e. The molecule has 0 saturated heterocycles. The van der Waals surface area contributed by atoms with E-state index < -0.39 is 10.0 Å². The van der Waals surface area contributed by atoms with Gasteiger partial charge in [-0.2, -0.15) is 9.40 Å². The van der Waals surface area contributed by atoms with Gasteiger partial charge in [-0.3, -0.25) is 4.68 Å². The second-order valence-electron chi connectivity index (χ2n) is 6.70. The van der Waals surface area contributed by atoms with Crippen LogP contribution in [0.5, 0.6) is 0 Å². The molecule has 1 aliphatic carbocycles. The first-order chi connectivity index (χ1) is 12.1. The molecule has 8 nitrogen and oxygen atoms in total. The maximum absolute atomic E-state index is 12.7. The Kier molecular flexibility index (Phi) is 4.43. The molecule has 0 spiro atoms. The summed E-state index contributed by atoms with van der Waals surface area (Å²) in [5, 5.41) is 7.38. The summed E-state index contributed by atoms with van der Waals surface area (Å²) in [7, 11) is -3.20. The highest BCUT2D eigenvalue weighted by atomic mass is 32.2. The number of nitrogens with one attached hydrogen (secondary N) is 1. The Morgan fingerprint density at radius 2 is 1.96 bits per heavy atom. The van der Waals surface area contributed by atoms with E-state index in [2.05, 4.69) is 20.4 Å². The van der Waals surface area contributed by atoms with Gasteiger partial charge in [0.2, 0.25) is 16.0 Å². The Morgan fingerprint density at radius 3 is 2.72 bits per heavy atom. The molecule has 1 unspecified atom stereocenters. The van der Waals surface area contributed by atoms with Gasteiger partial charge < -0.3 is 5.32 Å². The Labute approximate surface area is 147 Å². The first-order valence-electron chi connectivity index (χ1n) is 8.63. The Morgan fingerprint density at radius 1 is 1.16 bits per heavy atom. The lowest BCUT2D eigenvalue weighted by Crippen LogP contribution is -2.36. The molecule has 1 N–H and O–H groups in total. The zero-order valence-corrected chi connectivity index (χ0v) is 14.8. The fraction of sp³-hybridized carbons (Fsp3) is 0.562. The van der Waals surface area contributed by atoms with Crippen LogP contribution in [0.2, 0.25) is 0 Å². The van der Waals surface area contributed by atoms with E-state index in [1.165, 1.54) is 0 Å². The van der Waals surface area contributed by atoms with Gasteiger partial charge in [0.05, 0.1) is 17.5 Å². The van der Waals surface area contributed by atoms with Crippen LogP contribution >= 0.6 is 0 Å². The Hall–Kier alpha value is -2.00. The van der Waals surface area contributed by atoms with Gasteiger partial charge in [0, 0.05) is 38.2 Å². The SMILES string of the molecule is O=S(=O)(C1CC1)N1Cc2ccnn2CC(CCNc2ncccn2)C1. The lowest BCUT2D eigenvalue weighted by molar-refractivity contribution is 0.326. The first kappa shape index (κ1) is 16.5. The minimum atomic E-state index is -3.20. The maximum Gasteiger partial charge on any atom is 0.222 e. The molecule has 1 fully saturated rings. The van der Waals surface area contributed by atoms with Crippen LogP contribution in [0.15, 0.2) is 30.7 Å². The van der Waals surface area contributed by atoms with Crippen molar-refractivity contribution in [1.29, 1.82) is 0 Å². The van der Waals surface area contributed by atoms with Gasteiger partial charge in [0.25, 0.3) is 0 Å². The molecule has 2 aromatic heterocycles. The van der Waals surface area contributed by atoms with Crippen LogP contribution in [0.25, 0.3) is 0 Å². The molecule has 9 heteroatoms. The number of rotatable bonds is 6. The number of hydrogen-bond acceptors (Lipinski definition) is 6. The van der Waals surface area contributed by atoms with Gasteiger partial charge in [-0.05, 0) is 37.3 Å². The zero-order valence-electron chi connectivity index (χ0n) is 14.0. The third-order valence-corrected chi connectivity index (χ3v) is 7.05. The average molecular weight is 362 g/mol. The van der Waals surface area contributed by atoms with Crippen LogP contribution in [0.4, 0.5) is 5.95 Å². The van der Waals surface area contributed by atoms with Crippen LogP contribution in [0, 0.1) is 5.92 Å². The highest BCUT2D eigenvalue weighted by molar-refractivity contribution is 7.90. The molecule has 0 amide bonds. The summed E-state index contributed by atoms with van der Waals surface area (Å²) in [6.45, 7) is 2.39. The summed E-state index contributed by atoms with van der Waals surface area (Å²) >= 11 is 0. The Bertz CT molecular complexity index is 818. The van der Waals surface area contributed by atoms with Crippen LogP contribution in [0.3, 0.4) is 0 Å². The molecule has 2 aromatic rings. The predicted molar refractivity (Wildman–Crippen MR) is 93.2 cm³/mol. The number of aromatic nitrogens is 4. The molecule has 0 radical (unpaired) electrons. The van der Waals surface area contributed by atoms with Gasteiger partial charge >= 0.3 is 0 Å². The van der Waals surface area contributed by atoms with E-state index in [-0.39, 0.29) is 11.2 Å². The van der Waals surface area contributed by atoms with Crippen LogP contribution in [-0.4, -0.2) is 50.8 Å². The van der Waals surface area contributed by atoms with Gasteiger partial charge in [0.1, 0.15) is 0 Å². The lowest BCUT2D eigenvalue weighted by Gasteiger charge is -2.23. The monoisotopic (exact) mass is 362 g/mol. The average Bonchev–Trinajstić information content (AvgIpc) is 3.41. The summed E-state index contributed by atoms with van der Waals surface area (Å²) in [6.07, 6.45) is 7.54. The molecular formula is C16H22N6O2S. The van der Waals surface area contributed by atoms with E-state index in [1.807, 2.05) is 10.7 Å². The summed E-state index contributed by atoms with van der Waals surface area (Å²) in [6, 6.07) is 3.68. The third kappa shape index (κ3) is 3.67. The van der Waals surface area contributed by atoms with E-state index >= 15 is 0 Å². The van der Waals surface area contributed by atoms with Crippen molar-refractivity contribution >= 4 is 16.0 Å². The molecule has 0 aromatic carbocycles. The van der Waals surface area contributed by atoms with Gasteiger partial charge in [-0.25, -0.2) is 18.4 Å². The Balaban J connectivity index is 1.45. The maximum atomic E-state index is 12.7. The molecule has 2 aliphatic rings. The fourth-order valence-electron chi connectivity index (χ4n) is 3.23. The number of sulfonamides is 1. The molecule has 4 rings (SSSR count). The lowest BCUT2D eigenvalue weighted by atomic mass is 10.1. The quantitative estimate of drug-likeness (QED) is 0.827. The number of anilines is 1. The van der Waals surface area contributed by atoms with Crippen molar-refractivity contribution in [2.75, 3.05) is 18.4 Å². The van der Waals surface area contributed by atoms with Gasteiger partial charge in [-0.1, -0.05) is 0 Å². The van der Waals surface area contributed by atoms with Crippen molar-refractivity contribution < 1.29 is 8.42 Å². The van der Waals surface area contributed by atoms with Crippen LogP contribution < -0.4 is 5.32 Å². The van der Waals surface area contributed by atoms with Crippen molar-refractivity contribution in [1.82, 2.24) is 24.1 Å². The normalized spacial score (nSPS) is 21.5. The minimum absolute atomic E-state index is 0.182. The molecule has 1 atom stereocenters. The van der Waals surface area contributed by atoms with Crippen LogP contribution in [-0.2, 0) is 23.1 Å². The van der Waals surface area contributed by atoms with E-state index in [1.54, 1.807) is 29.0 Å². The van der Waals surface area contributed by atoms with Gasteiger partial charge in [-0.15, -0.1) is 0 Å². The number of fused-ring (bicyclic) bond motifs is 1. The first-order valence-corrected chi connectivity index (χ1v) is 10.1. The van der Waals surface area contributed by atoms with Crippen molar-refractivity contribution in [3.05, 3.63) is 36.4 Å². The molecule has 1 saturated carbocycles. The predicted octanol–water partition coefficient (Wildman–Crippen LogP) is 1.10. The van der Waals surface area contributed by atoms with Crippen molar-refractivity contribution in [2.24, 2.45) is 5.92 Å². The fourth-order valence-corrected chi connectivity index (χ4v) is 5.11.